The molecular formula is C26H40O4. The van der Waals surface area contributed by atoms with Crippen molar-refractivity contribution >= 4 is 5.97 Å². The molecule has 3 rings (SSSR count). The minimum Gasteiger partial charge on any atom is -0.481 e. The summed E-state index contributed by atoms with van der Waals surface area (Å²) >= 11 is 0. The summed E-state index contributed by atoms with van der Waals surface area (Å²) in [6, 6.07) is 0. The van der Waals surface area contributed by atoms with Crippen LogP contribution in [0.4, 0.5) is 0 Å². The monoisotopic (exact) mass is 416 g/mol. The summed E-state index contributed by atoms with van der Waals surface area (Å²) in [5, 5.41) is 30.5. The fourth-order valence-corrected chi connectivity index (χ4v) is 6.43. The van der Waals surface area contributed by atoms with Gasteiger partial charge in [0.25, 0.3) is 0 Å². The quantitative estimate of drug-likeness (QED) is 0.430. The third-order valence-electron chi connectivity index (χ3n) is 7.93. The van der Waals surface area contributed by atoms with Crippen LogP contribution in [0, 0.1) is 46.8 Å². The molecule has 3 N–H and O–H groups in total. The second kappa shape index (κ2) is 9.88. The molecule has 0 aliphatic heterocycles. The number of aliphatic hydroxyl groups is 2. The first-order valence-corrected chi connectivity index (χ1v) is 12.0. The fraction of sp³-hybridized carbons (Fsp3) is 0.808. The molecule has 0 aromatic carbocycles. The number of hydrogen-bond donors (Lipinski definition) is 3. The Labute approximate surface area is 182 Å². The lowest BCUT2D eigenvalue weighted by Crippen LogP contribution is -2.58. The molecule has 30 heavy (non-hydrogen) atoms. The Kier molecular flexibility index (Phi) is 7.69. The molecule has 0 bridgehead atoms. The van der Waals surface area contributed by atoms with Gasteiger partial charge in [-0.3, -0.25) is 4.79 Å². The van der Waals surface area contributed by atoms with E-state index in [1.54, 1.807) is 0 Å². The predicted molar refractivity (Wildman–Crippen MR) is 119 cm³/mol. The minimum absolute atomic E-state index is 0.00751. The zero-order valence-corrected chi connectivity index (χ0v) is 18.9. The molecule has 6 atom stereocenters. The molecule has 0 aromatic rings. The second-order valence-corrected chi connectivity index (χ2v) is 10.5. The van der Waals surface area contributed by atoms with Crippen molar-refractivity contribution in [2.45, 2.75) is 97.2 Å². The molecule has 168 valence electrons. The lowest BCUT2D eigenvalue weighted by molar-refractivity contribution is -0.136. The smallest absolute Gasteiger partial charge is 0.303 e. The van der Waals surface area contributed by atoms with E-state index in [-0.39, 0.29) is 29.6 Å². The highest BCUT2D eigenvalue weighted by Crippen LogP contribution is 2.65. The lowest BCUT2D eigenvalue weighted by atomic mass is 9.42. The van der Waals surface area contributed by atoms with Crippen LogP contribution in [0.5, 0.6) is 0 Å². The van der Waals surface area contributed by atoms with Gasteiger partial charge in [0.2, 0.25) is 0 Å². The van der Waals surface area contributed by atoms with Crippen LogP contribution < -0.4 is 0 Å². The van der Waals surface area contributed by atoms with Crippen LogP contribution in [0.25, 0.3) is 0 Å². The van der Waals surface area contributed by atoms with Crippen LogP contribution in [0.3, 0.4) is 0 Å². The van der Waals surface area contributed by atoms with E-state index in [1.807, 2.05) is 0 Å². The standard InChI is InChI=1S/C26H40O4/c1-17(2)16-20-21(10-7-11-24(29)30)26(3)15-14-23(28)19(25(20)26)12-13-22(27)18-8-5-4-6-9-18/h10,17-20,22-23,25,27-28H,4-9,11,14-16H2,1-3H3,(H,29,30)/t19-,20?,22?,23+,25-,26+/m0/s1. The first-order valence-electron chi connectivity index (χ1n) is 12.0. The Morgan fingerprint density at radius 2 is 1.93 bits per heavy atom. The second-order valence-electron chi connectivity index (χ2n) is 10.5. The number of aliphatic carboxylic acids is 1. The van der Waals surface area contributed by atoms with Crippen molar-refractivity contribution in [2.24, 2.45) is 35.0 Å². The van der Waals surface area contributed by atoms with E-state index in [2.05, 4.69) is 38.7 Å². The maximum atomic E-state index is 11.0. The number of allylic oxidation sites excluding steroid dienone is 2. The molecule has 3 aliphatic rings. The highest BCUT2D eigenvalue weighted by molar-refractivity contribution is 5.66. The van der Waals surface area contributed by atoms with E-state index >= 15 is 0 Å². The van der Waals surface area contributed by atoms with Gasteiger partial charge in [-0.05, 0) is 67.6 Å². The molecule has 4 nitrogen and oxygen atoms in total. The molecular weight excluding hydrogens is 376 g/mol. The number of fused-ring (bicyclic) bond motifs is 1. The first-order chi connectivity index (χ1) is 14.2. The van der Waals surface area contributed by atoms with Crippen LogP contribution in [-0.2, 0) is 4.79 Å². The van der Waals surface area contributed by atoms with Crippen LogP contribution >= 0.6 is 0 Å². The van der Waals surface area contributed by atoms with Crippen molar-refractivity contribution in [1.29, 1.82) is 0 Å². The number of carboxylic acids is 1. The maximum absolute atomic E-state index is 11.0. The number of hydrogen-bond acceptors (Lipinski definition) is 3. The number of carbonyl (C=O) groups is 1. The molecule has 3 saturated carbocycles. The van der Waals surface area contributed by atoms with Crippen molar-refractivity contribution < 1.29 is 20.1 Å². The highest BCUT2D eigenvalue weighted by atomic mass is 16.4. The number of carboxylic acid groups (broad SMARTS) is 1. The van der Waals surface area contributed by atoms with E-state index in [0.29, 0.717) is 18.3 Å². The summed E-state index contributed by atoms with van der Waals surface area (Å²) in [7, 11) is 0. The average molecular weight is 417 g/mol. The molecule has 0 heterocycles. The zero-order chi connectivity index (χ0) is 21.9. The van der Waals surface area contributed by atoms with Gasteiger partial charge in [0.1, 0.15) is 6.10 Å². The summed E-state index contributed by atoms with van der Waals surface area (Å²) in [4.78, 5) is 11.0. The van der Waals surface area contributed by atoms with Gasteiger partial charge in [-0.2, -0.15) is 0 Å². The Morgan fingerprint density at radius 1 is 1.23 bits per heavy atom. The van der Waals surface area contributed by atoms with Crippen LogP contribution in [0.15, 0.2) is 11.6 Å². The maximum Gasteiger partial charge on any atom is 0.303 e. The number of aliphatic hydroxyl groups excluding tert-OH is 2. The van der Waals surface area contributed by atoms with Crippen molar-refractivity contribution in [3.63, 3.8) is 0 Å². The molecule has 4 heteroatoms. The van der Waals surface area contributed by atoms with Crippen LogP contribution in [0.1, 0.15) is 85.0 Å². The molecule has 0 aromatic heterocycles. The van der Waals surface area contributed by atoms with Gasteiger partial charge in [0.05, 0.1) is 12.0 Å². The normalized spacial score (nSPS) is 36.5. The first kappa shape index (κ1) is 23.4. The zero-order valence-electron chi connectivity index (χ0n) is 18.9. The summed E-state index contributed by atoms with van der Waals surface area (Å²) in [5.74, 6) is 7.08. The third-order valence-corrected chi connectivity index (χ3v) is 7.93. The third kappa shape index (κ3) is 4.94. The largest absolute Gasteiger partial charge is 0.481 e. The van der Waals surface area contributed by atoms with E-state index in [1.165, 1.54) is 24.8 Å². The topological polar surface area (TPSA) is 77.8 Å². The Hall–Kier alpha value is -1.31. The summed E-state index contributed by atoms with van der Waals surface area (Å²) in [5.41, 5.74) is 1.38. The predicted octanol–water partition coefficient (Wildman–Crippen LogP) is 4.79. The van der Waals surface area contributed by atoms with Gasteiger partial charge in [-0.25, -0.2) is 0 Å². The van der Waals surface area contributed by atoms with Crippen molar-refractivity contribution in [3.05, 3.63) is 11.6 Å². The van der Waals surface area contributed by atoms with Gasteiger partial charge >= 0.3 is 5.97 Å². The summed E-state index contributed by atoms with van der Waals surface area (Å²) in [6.45, 7) is 6.72. The molecule has 3 fully saturated rings. The van der Waals surface area contributed by atoms with Crippen molar-refractivity contribution in [1.82, 2.24) is 0 Å². The summed E-state index contributed by atoms with van der Waals surface area (Å²) < 4.78 is 0. The van der Waals surface area contributed by atoms with Gasteiger partial charge < -0.3 is 15.3 Å². The summed E-state index contributed by atoms with van der Waals surface area (Å²) in [6.07, 6.45) is 10.3. The Balaban J connectivity index is 1.81. The van der Waals surface area contributed by atoms with E-state index in [0.717, 1.165) is 32.1 Å². The van der Waals surface area contributed by atoms with E-state index in [9.17, 15) is 15.0 Å². The Morgan fingerprint density at radius 3 is 2.57 bits per heavy atom. The molecule has 0 amide bonds. The van der Waals surface area contributed by atoms with E-state index < -0.39 is 18.2 Å². The SMILES string of the molecule is CC(C)CC1C(=CCCC(=O)O)[C@@]2(C)CC[C@@H](O)[C@H](C#CC(O)C3CCCCC3)[C@@H]12. The molecule has 0 saturated heterocycles. The van der Waals surface area contributed by atoms with Gasteiger partial charge in [-0.15, -0.1) is 0 Å². The van der Waals surface area contributed by atoms with E-state index in [4.69, 9.17) is 5.11 Å². The fourth-order valence-electron chi connectivity index (χ4n) is 6.43. The van der Waals surface area contributed by atoms with Crippen molar-refractivity contribution in [3.8, 4) is 11.8 Å². The van der Waals surface area contributed by atoms with Crippen LogP contribution in [0.2, 0.25) is 0 Å². The van der Waals surface area contributed by atoms with Crippen molar-refractivity contribution in [2.75, 3.05) is 0 Å². The Bertz CT molecular complexity index is 694. The van der Waals surface area contributed by atoms with Gasteiger partial charge in [-0.1, -0.05) is 63.5 Å². The number of rotatable bonds is 6. The molecule has 0 radical (unpaired) electrons. The van der Waals surface area contributed by atoms with Gasteiger partial charge in [0.15, 0.2) is 0 Å². The molecule has 2 unspecified atom stereocenters. The lowest BCUT2D eigenvalue weighted by Gasteiger charge is -2.62. The van der Waals surface area contributed by atoms with Gasteiger partial charge in [0, 0.05) is 6.42 Å². The van der Waals surface area contributed by atoms with Crippen LogP contribution in [-0.4, -0.2) is 33.5 Å². The minimum atomic E-state index is -0.757. The highest BCUT2D eigenvalue weighted by Gasteiger charge is 2.60. The molecule has 3 aliphatic carbocycles. The average Bonchev–Trinajstić information content (AvgIpc) is 2.70. The molecule has 0 spiro atoms.